The van der Waals surface area contributed by atoms with Crippen LogP contribution in [-0.4, -0.2) is 41.1 Å². The normalized spacial score (nSPS) is 21.4. The van der Waals surface area contributed by atoms with Crippen LogP contribution in [-0.2, 0) is 12.8 Å². The summed E-state index contributed by atoms with van der Waals surface area (Å²) in [5, 5.41) is 6.33. The molecule has 2 aliphatic heterocycles. The van der Waals surface area contributed by atoms with Crippen molar-refractivity contribution in [2.24, 2.45) is 10.9 Å². The maximum atomic E-state index is 15.8. The maximum absolute atomic E-state index is 15.8. The van der Waals surface area contributed by atoms with Crippen LogP contribution >= 0.6 is 0 Å². The Hall–Kier alpha value is -3.36. The number of benzene rings is 2. The number of nitrogens with one attached hydrogen (secondary N) is 2. The Kier molecular flexibility index (Phi) is 9.42. The van der Waals surface area contributed by atoms with Gasteiger partial charge in [-0.05, 0) is 61.3 Å². The molecule has 4 nitrogen and oxygen atoms in total. The summed E-state index contributed by atoms with van der Waals surface area (Å²) in [4.78, 5) is 6.71. The van der Waals surface area contributed by atoms with E-state index in [0.717, 1.165) is 31.2 Å². The second kappa shape index (κ2) is 12.9. The number of allylic oxidation sites excluding steroid dienone is 1. The van der Waals surface area contributed by atoms with Gasteiger partial charge in [0.15, 0.2) is 0 Å². The van der Waals surface area contributed by atoms with Gasteiger partial charge in [-0.15, -0.1) is 0 Å². The van der Waals surface area contributed by atoms with Crippen molar-refractivity contribution in [3.05, 3.63) is 89.6 Å². The highest BCUT2D eigenvalue weighted by Crippen LogP contribution is 2.42. The molecule has 0 aromatic heterocycles. The monoisotopic (exact) mass is 614 g/mol. The van der Waals surface area contributed by atoms with Gasteiger partial charge in [0.2, 0.25) is 5.92 Å². The topological polar surface area (TPSA) is 39.7 Å². The van der Waals surface area contributed by atoms with Crippen LogP contribution in [0.1, 0.15) is 81.5 Å². The van der Waals surface area contributed by atoms with Crippen molar-refractivity contribution in [1.29, 1.82) is 0 Å². The third kappa shape index (κ3) is 7.29. The highest BCUT2D eigenvalue weighted by molar-refractivity contribution is 5.98. The van der Waals surface area contributed by atoms with Crippen LogP contribution in [0.4, 0.5) is 27.6 Å². The van der Waals surface area contributed by atoms with Crippen LogP contribution < -0.4 is 10.6 Å². The molecule has 3 atom stereocenters. The molecular formula is C35H43F5N4. The summed E-state index contributed by atoms with van der Waals surface area (Å²) in [6.45, 7) is 11.2. The van der Waals surface area contributed by atoms with Crippen LogP contribution in [0.2, 0.25) is 0 Å². The van der Waals surface area contributed by atoms with Gasteiger partial charge in [-0.3, -0.25) is 4.99 Å². The molecule has 3 aliphatic rings. The molecule has 1 saturated carbocycles. The van der Waals surface area contributed by atoms with Crippen molar-refractivity contribution in [3.63, 3.8) is 0 Å². The first-order valence-electron chi connectivity index (χ1n) is 15.7. The minimum atomic E-state index is -2.94. The molecule has 0 radical (unpaired) electrons. The first-order chi connectivity index (χ1) is 20.8. The van der Waals surface area contributed by atoms with Crippen molar-refractivity contribution < 1.29 is 22.0 Å². The molecule has 2 aromatic rings. The van der Waals surface area contributed by atoms with Gasteiger partial charge in [0.1, 0.15) is 11.9 Å². The number of alkyl halides is 4. The predicted octanol–water partition coefficient (Wildman–Crippen LogP) is 8.63. The van der Waals surface area contributed by atoms with Gasteiger partial charge in [0, 0.05) is 49.7 Å². The molecule has 2 heterocycles. The fourth-order valence-electron chi connectivity index (χ4n) is 6.78. The zero-order valence-electron chi connectivity index (χ0n) is 25.6. The molecule has 2 fully saturated rings. The molecule has 3 unspecified atom stereocenters. The Morgan fingerprint density at radius 2 is 1.89 bits per heavy atom. The Labute approximate surface area is 257 Å². The molecular weight excluding hydrogens is 571 g/mol. The summed E-state index contributed by atoms with van der Waals surface area (Å²) in [5.74, 6) is -5.70. The van der Waals surface area contributed by atoms with Gasteiger partial charge >= 0.3 is 0 Å². The van der Waals surface area contributed by atoms with Crippen LogP contribution in [0, 0.1) is 11.7 Å². The summed E-state index contributed by atoms with van der Waals surface area (Å²) in [6.07, 6.45) is 3.43. The van der Waals surface area contributed by atoms with Crippen LogP contribution in [0.25, 0.3) is 0 Å². The number of rotatable bonds is 12. The van der Waals surface area contributed by atoms with Gasteiger partial charge < -0.3 is 15.5 Å². The number of aryl methyl sites for hydroxylation is 1. The third-order valence-corrected chi connectivity index (χ3v) is 9.33. The van der Waals surface area contributed by atoms with Crippen molar-refractivity contribution in [1.82, 2.24) is 15.5 Å². The van der Waals surface area contributed by atoms with E-state index in [1.807, 2.05) is 31.2 Å². The Morgan fingerprint density at radius 3 is 2.52 bits per heavy atom. The highest BCUT2D eigenvalue weighted by Gasteiger charge is 2.43. The quantitative estimate of drug-likeness (QED) is 0.235. The van der Waals surface area contributed by atoms with E-state index in [0.29, 0.717) is 48.3 Å². The lowest BCUT2D eigenvalue weighted by atomic mass is 9.79. The van der Waals surface area contributed by atoms with E-state index in [2.05, 4.69) is 35.9 Å². The Morgan fingerprint density at radius 1 is 1.18 bits per heavy atom. The molecule has 0 amide bonds. The minimum absolute atomic E-state index is 0.0591. The highest BCUT2D eigenvalue weighted by atomic mass is 19.3. The third-order valence-electron chi connectivity index (χ3n) is 9.33. The molecule has 0 spiro atoms. The molecule has 2 aromatic carbocycles. The average Bonchev–Trinajstić information content (AvgIpc) is 3.58. The number of hydrogen-bond acceptors (Lipinski definition) is 4. The van der Waals surface area contributed by atoms with Crippen LogP contribution in [0.15, 0.2) is 72.1 Å². The largest absolute Gasteiger partial charge is 0.380 e. The molecule has 9 heteroatoms. The second-order valence-corrected chi connectivity index (χ2v) is 12.7. The Balaban J connectivity index is 1.39. The standard InChI is InChI=1S/C35H43F5N4/c1-5-9-31(44-21-32(34(4,37)38)42-23(44)3)26-18-28(36)27-20-30(43-29(27)19-26)33(25-14-16-35(39,40)17-15-25)41-22(2)12-13-24-10-7-6-8-11-24/h6-8,10-11,18-19,25,31-33,41-42H,2-3,5,9,12-17,20-21H2,1,4H3. The molecule has 1 aliphatic carbocycles. The summed E-state index contributed by atoms with van der Waals surface area (Å²) >= 11 is 0. The lowest BCUT2D eigenvalue weighted by molar-refractivity contribution is -0.0470. The van der Waals surface area contributed by atoms with Crippen molar-refractivity contribution in [2.45, 2.75) is 102 Å². The van der Waals surface area contributed by atoms with E-state index in [9.17, 15) is 17.6 Å². The van der Waals surface area contributed by atoms with Gasteiger partial charge in [0.25, 0.3) is 5.92 Å². The zero-order valence-corrected chi connectivity index (χ0v) is 25.6. The molecule has 238 valence electrons. The zero-order chi connectivity index (χ0) is 31.6. The second-order valence-electron chi connectivity index (χ2n) is 12.7. The molecule has 0 bridgehead atoms. The van der Waals surface area contributed by atoms with E-state index in [1.54, 1.807) is 4.90 Å². The Bertz CT molecular complexity index is 1370. The van der Waals surface area contributed by atoms with Gasteiger partial charge in [-0.25, -0.2) is 22.0 Å². The summed E-state index contributed by atoms with van der Waals surface area (Å²) < 4.78 is 72.3. The van der Waals surface area contributed by atoms with E-state index < -0.39 is 23.7 Å². The van der Waals surface area contributed by atoms with E-state index in [-0.39, 0.29) is 43.8 Å². The van der Waals surface area contributed by atoms with Crippen LogP contribution in [0.3, 0.4) is 0 Å². The lowest BCUT2D eigenvalue weighted by Gasteiger charge is -2.35. The summed E-state index contributed by atoms with van der Waals surface area (Å²) in [7, 11) is 0. The molecule has 2 N–H and O–H groups in total. The fourth-order valence-corrected chi connectivity index (χ4v) is 6.78. The minimum Gasteiger partial charge on any atom is -0.380 e. The average molecular weight is 615 g/mol. The fraction of sp³-hybridized carbons (Fsp3) is 0.514. The number of hydrogen-bond donors (Lipinski definition) is 2. The number of aliphatic imine (C=N–C) groups is 1. The number of nitrogens with zero attached hydrogens (tertiary/aromatic N) is 2. The van der Waals surface area contributed by atoms with E-state index in [1.165, 1.54) is 11.6 Å². The van der Waals surface area contributed by atoms with Crippen LogP contribution in [0.5, 0.6) is 0 Å². The van der Waals surface area contributed by atoms with E-state index >= 15 is 4.39 Å². The SMILES string of the molecule is C=C(CCc1ccccc1)NC(C1=Nc2cc(C(CCC)N3CC(C(C)(F)F)NC3=C)cc(F)c2C1)C1CCC(F)(F)CC1. The molecule has 5 rings (SSSR count). The van der Waals surface area contributed by atoms with E-state index in [4.69, 9.17) is 4.99 Å². The van der Waals surface area contributed by atoms with Gasteiger partial charge in [-0.2, -0.15) is 0 Å². The number of fused-ring (bicyclic) bond motifs is 1. The van der Waals surface area contributed by atoms with Crippen molar-refractivity contribution in [2.75, 3.05) is 6.54 Å². The summed E-state index contributed by atoms with van der Waals surface area (Å²) in [6, 6.07) is 11.6. The maximum Gasteiger partial charge on any atom is 0.266 e. The van der Waals surface area contributed by atoms with Crippen molar-refractivity contribution in [3.8, 4) is 0 Å². The predicted molar refractivity (Wildman–Crippen MR) is 166 cm³/mol. The van der Waals surface area contributed by atoms with Crippen molar-refractivity contribution >= 4 is 11.4 Å². The first kappa shape index (κ1) is 32.0. The summed E-state index contributed by atoms with van der Waals surface area (Å²) in [5.41, 5.74) is 4.33. The van der Waals surface area contributed by atoms with Gasteiger partial charge in [0.05, 0.1) is 23.6 Å². The van der Waals surface area contributed by atoms with Gasteiger partial charge in [-0.1, -0.05) is 56.8 Å². The molecule has 1 saturated heterocycles. The smallest absolute Gasteiger partial charge is 0.266 e. The lowest BCUT2D eigenvalue weighted by Crippen LogP contribution is -2.45. The number of halogens is 5. The first-order valence-corrected chi connectivity index (χ1v) is 15.7. The molecule has 44 heavy (non-hydrogen) atoms.